The number of carbonyl (C=O) groups excluding carboxylic acids is 1. The van der Waals surface area contributed by atoms with Crippen LogP contribution in [0.4, 0.5) is 25.1 Å². The molecule has 8 nitrogen and oxygen atoms in total. The molecule has 1 aromatic heterocycles. The first-order chi connectivity index (χ1) is 17.7. The summed E-state index contributed by atoms with van der Waals surface area (Å²) in [5, 5.41) is 4.40. The molecule has 0 spiro atoms. The van der Waals surface area contributed by atoms with E-state index in [1.807, 2.05) is 37.3 Å². The molecule has 2 aromatic carbocycles. The Hall–Kier alpha value is -2.61. The molecule has 0 unspecified atom stereocenters. The summed E-state index contributed by atoms with van der Waals surface area (Å²) in [6.07, 6.45) is -1.33. The molecule has 2 heterocycles. The zero-order valence-corrected chi connectivity index (χ0v) is 24.4. The van der Waals surface area contributed by atoms with Gasteiger partial charge in [0.05, 0.1) is 21.2 Å². The van der Waals surface area contributed by atoms with Gasteiger partial charge in [0.15, 0.2) is 16.5 Å². The number of sulfonamides is 1. The van der Waals surface area contributed by atoms with Crippen LogP contribution in [0.25, 0.3) is 0 Å². The fourth-order valence-corrected chi connectivity index (χ4v) is 6.74. The summed E-state index contributed by atoms with van der Waals surface area (Å²) in [5.74, 6) is -3.07. The van der Waals surface area contributed by atoms with Gasteiger partial charge >= 0.3 is 6.09 Å². The van der Waals surface area contributed by atoms with Crippen LogP contribution in [0, 0.1) is 11.6 Å². The average molecular weight is 630 g/mol. The van der Waals surface area contributed by atoms with Crippen LogP contribution < -0.4 is 9.62 Å². The lowest BCUT2D eigenvalue weighted by Crippen LogP contribution is -2.63. The number of ether oxygens (including phenoxy) is 1. The fourth-order valence-electron chi connectivity index (χ4n) is 4.22. The lowest BCUT2D eigenvalue weighted by Gasteiger charge is -2.49. The molecule has 13 heteroatoms. The van der Waals surface area contributed by atoms with Gasteiger partial charge in [0.2, 0.25) is 0 Å². The van der Waals surface area contributed by atoms with E-state index in [9.17, 15) is 13.2 Å². The van der Waals surface area contributed by atoms with E-state index in [4.69, 9.17) is 4.74 Å². The van der Waals surface area contributed by atoms with Crippen molar-refractivity contribution in [2.45, 2.75) is 50.3 Å². The first kappa shape index (κ1) is 28.4. The number of benzene rings is 2. The van der Waals surface area contributed by atoms with Crippen molar-refractivity contribution in [1.29, 1.82) is 0 Å². The first-order valence-electron chi connectivity index (χ1n) is 11.6. The number of carbonyl (C=O) groups is 1. The minimum Gasteiger partial charge on any atom is -0.443 e. The molecule has 1 aliphatic rings. The van der Waals surface area contributed by atoms with Gasteiger partial charge in [0.25, 0.3) is 10.0 Å². The Labute approximate surface area is 232 Å². The highest BCUT2D eigenvalue weighted by Gasteiger charge is 2.42. The van der Waals surface area contributed by atoms with Gasteiger partial charge in [-0.25, -0.2) is 27.0 Å². The van der Waals surface area contributed by atoms with E-state index in [0.29, 0.717) is 13.1 Å². The second-order valence-corrected chi connectivity index (χ2v) is 13.5. The van der Waals surface area contributed by atoms with Crippen LogP contribution in [0.15, 0.2) is 56.7 Å². The lowest BCUT2D eigenvalue weighted by molar-refractivity contribution is 0.0608. The molecule has 0 atom stereocenters. The SMILES string of the molecule is CC1(Nc2cc(F)c(S(=O)(=O)N(C(=O)OC(C)(C)C)c3cscn3)c(F)c2Br)CN(Cc2ccccc2)C1. The number of hydrogen-bond acceptors (Lipinski definition) is 8. The molecule has 1 amide bonds. The number of anilines is 2. The van der Waals surface area contributed by atoms with E-state index < -0.39 is 43.8 Å². The van der Waals surface area contributed by atoms with Crippen molar-refractivity contribution >= 4 is 54.9 Å². The minimum atomic E-state index is -5.09. The first-order valence-corrected chi connectivity index (χ1v) is 14.8. The molecule has 1 fully saturated rings. The molecule has 4 rings (SSSR count). The number of nitrogens with zero attached hydrogens (tertiary/aromatic N) is 3. The molecule has 204 valence electrons. The Bertz CT molecular complexity index is 1430. The predicted molar refractivity (Wildman–Crippen MR) is 146 cm³/mol. The summed E-state index contributed by atoms with van der Waals surface area (Å²) < 4.78 is 63.0. The van der Waals surface area contributed by atoms with Gasteiger partial charge in [0, 0.05) is 25.0 Å². The van der Waals surface area contributed by atoms with Crippen molar-refractivity contribution < 1.29 is 26.7 Å². The smallest absolute Gasteiger partial charge is 0.430 e. The van der Waals surface area contributed by atoms with E-state index in [2.05, 4.69) is 31.1 Å². The molecule has 1 aliphatic heterocycles. The van der Waals surface area contributed by atoms with Crippen molar-refractivity contribution in [2.24, 2.45) is 0 Å². The Morgan fingerprint density at radius 3 is 2.50 bits per heavy atom. The molecule has 3 aromatic rings. The highest BCUT2D eigenvalue weighted by molar-refractivity contribution is 9.10. The Kier molecular flexibility index (Phi) is 7.86. The van der Waals surface area contributed by atoms with Crippen LogP contribution in [0.2, 0.25) is 0 Å². The molecule has 0 saturated carbocycles. The number of halogens is 3. The zero-order valence-electron chi connectivity index (χ0n) is 21.2. The van der Waals surface area contributed by atoms with E-state index in [-0.39, 0.29) is 20.3 Å². The van der Waals surface area contributed by atoms with Gasteiger partial charge in [0.1, 0.15) is 11.4 Å². The number of hydrogen-bond donors (Lipinski definition) is 1. The molecule has 1 N–H and O–H groups in total. The van der Waals surface area contributed by atoms with Crippen LogP contribution in [-0.2, 0) is 21.3 Å². The van der Waals surface area contributed by atoms with Gasteiger partial charge < -0.3 is 10.1 Å². The second-order valence-electron chi connectivity index (χ2n) is 10.3. The summed E-state index contributed by atoms with van der Waals surface area (Å²) in [4.78, 5) is 17.6. The van der Waals surface area contributed by atoms with Crippen molar-refractivity contribution in [1.82, 2.24) is 9.88 Å². The molecule has 0 bridgehead atoms. The summed E-state index contributed by atoms with van der Waals surface area (Å²) in [5.41, 5.74) is 0.923. The average Bonchev–Trinajstić information content (AvgIpc) is 3.29. The quantitative estimate of drug-likeness (QED) is 0.321. The van der Waals surface area contributed by atoms with Crippen molar-refractivity contribution in [3.8, 4) is 0 Å². The summed E-state index contributed by atoms with van der Waals surface area (Å²) >= 11 is 4.09. The topological polar surface area (TPSA) is 91.8 Å². The van der Waals surface area contributed by atoms with Crippen molar-refractivity contribution in [3.63, 3.8) is 0 Å². The molecule has 0 aliphatic carbocycles. The standard InChI is InChI=1S/C25H27BrF2N4O4S2/c1-24(2,3)36-23(33)32(19-12-37-15-29-19)38(34,35)22-17(27)10-18(20(26)21(22)28)30-25(4)13-31(14-25)11-16-8-6-5-7-9-16/h5-10,12,15,30H,11,13-14H2,1-4H3. The summed E-state index contributed by atoms with van der Waals surface area (Å²) in [6.45, 7) is 8.47. The number of nitrogens with one attached hydrogen (secondary N) is 1. The van der Waals surface area contributed by atoms with E-state index in [1.165, 1.54) is 31.7 Å². The van der Waals surface area contributed by atoms with E-state index in [0.717, 1.165) is 29.5 Å². The fraction of sp³-hybridized carbons (Fsp3) is 0.360. The Morgan fingerprint density at radius 1 is 1.26 bits per heavy atom. The monoisotopic (exact) mass is 628 g/mol. The second kappa shape index (κ2) is 10.5. The van der Waals surface area contributed by atoms with E-state index >= 15 is 8.78 Å². The van der Waals surface area contributed by atoms with Gasteiger partial charge in [-0.3, -0.25) is 4.90 Å². The molecule has 0 radical (unpaired) electrons. The number of thiazole rings is 1. The highest BCUT2D eigenvalue weighted by atomic mass is 79.9. The van der Waals surface area contributed by atoms with Gasteiger partial charge in [-0.1, -0.05) is 30.3 Å². The van der Waals surface area contributed by atoms with E-state index in [1.54, 1.807) is 0 Å². The van der Waals surface area contributed by atoms with Crippen molar-refractivity contribution in [3.05, 3.63) is 69.0 Å². The maximum atomic E-state index is 15.6. The summed E-state index contributed by atoms with van der Waals surface area (Å²) in [7, 11) is -5.09. The molecule has 38 heavy (non-hydrogen) atoms. The maximum Gasteiger partial charge on any atom is 0.430 e. The van der Waals surface area contributed by atoms with Crippen LogP contribution in [0.1, 0.15) is 33.3 Å². The number of amides is 1. The van der Waals surface area contributed by atoms with Crippen LogP contribution in [-0.4, -0.2) is 48.6 Å². The molecule has 1 saturated heterocycles. The third-order valence-electron chi connectivity index (χ3n) is 5.63. The van der Waals surface area contributed by atoms with Crippen molar-refractivity contribution in [2.75, 3.05) is 22.7 Å². The third kappa shape index (κ3) is 6.00. The van der Waals surface area contributed by atoms with Gasteiger partial charge in [-0.15, -0.1) is 15.6 Å². The zero-order chi connectivity index (χ0) is 27.9. The lowest BCUT2D eigenvalue weighted by atomic mass is 9.91. The third-order valence-corrected chi connectivity index (χ3v) is 8.69. The largest absolute Gasteiger partial charge is 0.443 e. The summed E-state index contributed by atoms with van der Waals surface area (Å²) in [6, 6.07) is 10.8. The molecular formula is C25H27BrF2N4O4S2. The normalized spacial score (nSPS) is 15.6. The Balaban J connectivity index is 1.61. The maximum absolute atomic E-state index is 15.6. The van der Waals surface area contributed by atoms with Crippen LogP contribution in [0.3, 0.4) is 0 Å². The predicted octanol–water partition coefficient (Wildman–Crippen LogP) is 6.00. The number of rotatable bonds is 7. The molecular weight excluding hydrogens is 602 g/mol. The minimum absolute atomic E-state index is 0.0540. The van der Waals surface area contributed by atoms with Crippen LogP contribution in [0.5, 0.6) is 0 Å². The Morgan fingerprint density at radius 2 is 1.92 bits per heavy atom. The van der Waals surface area contributed by atoms with Gasteiger partial charge in [-0.2, -0.15) is 0 Å². The number of likely N-dealkylation sites (tertiary alicyclic amines) is 1. The van der Waals surface area contributed by atoms with Gasteiger partial charge in [-0.05, 0) is 55.3 Å². The van der Waals surface area contributed by atoms with Crippen LogP contribution >= 0.6 is 27.3 Å². The number of aromatic nitrogens is 1. The highest BCUT2D eigenvalue weighted by Crippen LogP contribution is 2.38.